The van der Waals surface area contributed by atoms with Crippen LogP contribution >= 0.6 is 0 Å². The number of carbonyl (C=O) groups excluding carboxylic acids is 1. The van der Waals surface area contributed by atoms with Gasteiger partial charge >= 0.3 is 11.9 Å². The highest BCUT2D eigenvalue weighted by molar-refractivity contribution is 5.99. The van der Waals surface area contributed by atoms with Crippen LogP contribution in [0.2, 0.25) is 0 Å². The number of aryl methyl sites for hydroxylation is 1. The summed E-state index contributed by atoms with van der Waals surface area (Å²) in [5.41, 5.74) is 1.25. The van der Waals surface area contributed by atoms with Crippen molar-refractivity contribution in [2.24, 2.45) is 11.8 Å². The molecule has 1 aromatic rings. The summed E-state index contributed by atoms with van der Waals surface area (Å²) in [5, 5.41) is 9.43. The number of methoxy groups -OCH3 is 1. The Morgan fingerprint density at radius 1 is 1.36 bits per heavy atom. The fourth-order valence-corrected chi connectivity index (χ4v) is 4.60. The van der Waals surface area contributed by atoms with E-state index in [-0.39, 0.29) is 5.57 Å². The summed E-state index contributed by atoms with van der Waals surface area (Å²) in [6.07, 6.45) is 5.16. The molecule has 0 unspecified atom stereocenters. The predicted octanol–water partition coefficient (Wildman–Crippen LogP) is 2.21. The van der Waals surface area contributed by atoms with Crippen molar-refractivity contribution in [3.05, 3.63) is 58.9 Å². The van der Waals surface area contributed by atoms with E-state index < -0.39 is 41.8 Å². The van der Waals surface area contributed by atoms with Crippen LogP contribution in [0, 0.1) is 18.8 Å². The number of esters is 1. The van der Waals surface area contributed by atoms with E-state index in [9.17, 15) is 14.7 Å². The lowest BCUT2D eigenvalue weighted by molar-refractivity contribution is -0.151. The van der Waals surface area contributed by atoms with Gasteiger partial charge in [-0.05, 0) is 36.3 Å². The molecule has 0 bridgehead atoms. The van der Waals surface area contributed by atoms with E-state index in [1.54, 1.807) is 25.3 Å². The van der Waals surface area contributed by atoms with Gasteiger partial charge < -0.3 is 24.1 Å². The molecule has 1 spiro atoms. The molecule has 7 heteroatoms. The van der Waals surface area contributed by atoms with Crippen LogP contribution in [0.3, 0.4) is 0 Å². The molecule has 0 radical (unpaired) electrons. The van der Waals surface area contributed by atoms with E-state index >= 15 is 0 Å². The number of ether oxygens (including phenoxy) is 4. The second kappa shape index (κ2) is 5.72. The van der Waals surface area contributed by atoms with Gasteiger partial charge in [0, 0.05) is 5.92 Å². The Morgan fingerprint density at radius 2 is 2.18 bits per heavy atom. The second-order valence-electron chi connectivity index (χ2n) is 7.38. The van der Waals surface area contributed by atoms with Gasteiger partial charge in [0.2, 0.25) is 6.29 Å². The van der Waals surface area contributed by atoms with Crippen LogP contribution in [-0.2, 0) is 23.8 Å². The molecule has 1 aromatic carbocycles. The topological polar surface area (TPSA) is 91.3 Å². The molecule has 28 heavy (non-hydrogen) atoms. The van der Waals surface area contributed by atoms with E-state index in [2.05, 4.69) is 0 Å². The van der Waals surface area contributed by atoms with Crippen molar-refractivity contribution in [2.45, 2.75) is 24.9 Å². The summed E-state index contributed by atoms with van der Waals surface area (Å²) < 4.78 is 22.7. The Bertz CT molecular complexity index is 988. The van der Waals surface area contributed by atoms with Gasteiger partial charge in [0.25, 0.3) is 0 Å². The van der Waals surface area contributed by atoms with Crippen LogP contribution in [0.25, 0.3) is 6.08 Å². The van der Waals surface area contributed by atoms with Gasteiger partial charge in [-0.15, -0.1) is 0 Å². The molecule has 3 heterocycles. The lowest BCUT2D eigenvalue weighted by atomic mass is 9.78. The molecule has 1 N–H and O–H groups in total. The molecule has 4 aliphatic rings. The molecule has 0 aromatic heterocycles. The quantitative estimate of drug-likeness (QED) is 0.487. The minimum absolute atomic E-state index is 0.135. The average molecular weight is 382 g/mol. The van der Waals surface area contributed by atoms with Crippen LogP contribution in [0.5, 0.6) is 5.75 Å². The Labute approximate surface area is 160 Å². The van der Waals surface area contributed by atoms with Crippen molar-refractivity contribution < 1.29 is 33.6 Å². The minimum atomic E-state index is -1.06. The summed E-state index contributed by atoms with van der Waals surface area (Å²) in [4.78, 5) is 24.2. The number of hydrogen-bond donors (Lipinski definition) is 1. The summed E-state index contributed by atoms with van der Waals surface area (Å²) in [7, 11) is 1.59. The highest BCUT2D eigenvalue weighted by Gasteiger charge is 2.70. The number of benzene rings is 1. The molecular formula is C21H18O7. The highest BCUT2D eigenvalue weighted by atomic mass is 16.7. The normalized spacial score (nSPS) is 35.9. The lowest BCUT2D eigenvalue weighted by Crippen LogP contribution is -2.43. The van der Waals surface area contributed by atoms with E-state index in [4.69, 9.17) is 18.9 Å². The van der Waals surface area contributed by atoms with Crippen molar-refractivity contribution in [3.8, 4) is 5.75 Å². The molecule has 5 atom stereocenters. The first-order valence-electron chi connectivity index (χ1n) is 8.98. The average Bonchev–Trinajstić information content (AvgIpc) is 3.27. The first kappa shape index (κ1) is 17.1. The van der Waals surface area contributed by atoms with Crippen molar-refractivity contribution in [2.75, 3.05) is 7.11 Å². The van der Waals surface area contributed by atoms with E-state index in [0.29, 0.717) is 5.57 Å². The van der Waals surface area contributed by atoms with Gasteiger partial charge in [0.1, 0.15) is 11.9 Å². The maximum Gasteiger partial charge on any atom is 0.337 e. The van der Waals surface area contributed by atoms with Crippen LogP contribution in [-0.4, -0.2) is 42.1 Å². The van der Waals surface area contributed by atoms with Gasteiger partial charge in [-0.2, -0.15) is 0 Å². The summed E-state index contributed by atoms with van der Waals surface area (Å²) in [5.74, 6) is -1.65. The van der Waals surface area contributed by atoms with Gasteiger partial charge in [-0.1, -0.05) is 18.2 Å². The zero-order valence-electron chi connectivity index (χ0n) is 15.2. The fourth-order valence-electron chi connectivity index (χ4n) is 4.60. The maximum absolute atomic E-state index is 12.7. The molecule has 7 nitrogen and oxygen atoms in total. The number of carbonyl (C=O) groups is 2. The molecule has 0 amide bonds. The zero-order chi connectivity index (χ0) is 19.6. The Balaban J connectivity index is 1.54. The number of rotatable bonds is 3. The first-order valence-corrected chi connectivity index (χ1v) is 8.98. The standard InChI is InChI=1S/C21H18O7/c1-10-3-4-11(8-15(10)25-2)7-13-17-21(28-19(13)24)6-5-12-14(18(22)23)9-26-20(27-17)16(12)21/h3-9,12,16-17,20H,1-2H3,(H,22,23)/b13-7+/t12-,16-,17+,20-,21+/m1/s1. The second-order valence-corrected chi connectivity index (χ2v) is 7.38. The van der Waals surface area contributed by atoms with E-state index in [1.807, 2.05) is 25.1 Å². The summed E-state index contributed by atoms with van der Waals surface area (Å²) >= 11 is 0. The largest absolute Gasteiger partial charge is 0.496 e. The highest BCUT2D eigenvalue weighted by Crippen LogP contribution is 2.58. The van der Waals surface area contributed by atoms with Gasteiger partial charge in [-0.25, -0.2) is 9.59 Å². The maximum atomic E-state index is 12.7. The van der Waals surface area contributed by atoms with Gasteiger partial charge in [0.05, 0.1) is 30.4 Å². The Morgan fingerprint density at radius 3 is 2.93 bits per heavy atom. The van der Waals surface area contributed by atoms with Crippen molar-refractivity contribution in [1.82, 2.24) is 0 Å². The molecule has 144 valence electrons. The predicted molar refractivity (Wildman–Crippen MR) is 96.1 cm³/mol. The smallest absolute Gasteiger partial charge is 0.337 e. The Kier molecular flexibility index (Phi) is 3.49. The lowest BCUT2D eigenvalue weighted by Gasteiger charge is -2.32. The van der Waals surface area contributed by atoms with Gasteiger partial charge in [0.15, 0.2) is 5.60 Å². The summed E-state index contributed by atoms with van der Waals surface area (Å²) in [6.45, 7) is 1.94. The number of allylic oxidation sites excluding steroid dienone is 1. The zero-order valence-corrected chi connectivity index (χ0v) is 15.2. The number of aliphatic carboxylic acids is 1. The monoisotopic (exact) mass is 382 g/mol. The van der Waals surface area contributed by atoms with Crippen LogP contribution in [0.1, 0.15) is 11.1 Å². The van der Waals surface area contributed by atoms with Crippen molar-refractivity contribution >= 4 is 18.0 Å². The van der Waals surface area contributed by atoms with Crippen LogP contribution in [0.4, 0.5) is 0 Å². The van der Waals surface area contributed by atoms with E-state index in [1.165, 1.54) is 6.26 Å². The molecule has 0 saturated carbocycles. The molecule has 2 fully saturated rings. The Hall–Kier alpha value is -3.06. The molecule has 3 aliphatic heterocycles. The molecule has 1 aliphatic carbocycles. The van der Waals surface area contributed by atoms with Crippen LogP contribution < -0.4 is 4.74 Å². The van der Waals surface area contributed by atoms with Crippen molar-refractivity contribution in [1.29, 1.82) is 0 Å². The third kappa shape index (κ3) is 2.13. The number of hydrogen-bond acceptors (Lipinski definition) is 6. The third-order valence-electron chi connectivity index (χ3n) is 5.92. The third-order valence-corrected chi connectivity index (χ3v) is 5.92. The fraction of sp³-hybridized carbons (Fsp3) is 0.333. The molecule has 5 rings (SSSR count). The SMILES string of the molecule is COc1cc(/C=C2/C(=O)O[C@]34C=C[C@@H]5C(C(=O)O)=CO[C@H](O[C@@H]23)[C@@H]54)ccc1C. The number of carboxylic acid groups (broad SMARTS) is 1. The van der Waals surface area contributed by atoms with Crippen LogP contribution in [0.15, 0.2) is 47.8 Å². The first-order chi connectivity index (χ1) is 13.4. The summed E-state index contributed by atoms with van der Waals surface area (Å²) in [6, 6.07) is 5.64. The molecular weight excluding hydrogens is 364 g/mol. The van der Waals surface area contributed by atoms with E-state index in [0.717, 1.165) is 16.9 Å². The van der Waals surface area contributed by atoms with Crippen molar-refractivity contribution in [3.63, 3.8) is 0 Å². The van der Waals surface area contributed by atoms with Gasteiger partial charge in [-0.3, -0.25) is 0 Å². The number of carboxylic acids is 1. The minimum Gasteiger partial charge on any atom is -0.496 e. The molecule has 2 saturated heterocycles.